The SMILES string of the molecule is CC(=O)O[C@@H]1[C@@H](OC(C)=O)[C@H](OC(C)=O)CS[C@H]1Oc1cncc(-c2ccc(C#N)c(C#N)c2)c1. The van der Waals surface area contributed by atoms with Crippen molar-refractivity contribution in [2.75, 3.05) is 5.75 Å². The van der Waals surface area contributed by atoms with Gasteiger partial charge < -0.3 is 18.9 Å². The smallest absolute Gasteiger partial charge is 0.303 e. The van der Waals surface area contributed by atoms with Crippen LogP contribution in [0.5, 0.6) is 5.75 Å². The number of rotatable bonds is 6. The number of ether oxygens (including phenoxy) is 4. The van der Waals surface area contributed by atoms with Crippen LogP contribution in [-0.2, 0) is 28.6 Å². The highest BCUT2D eigenvalue weighted by Gasteiger charge is 2.47. The fraction of sp³-hybridized carbons (Fsp3) is 0.333. The number of benzene rings is 1. The zero-order valence-electron chi connectivity index (χ0n) is 19.1. The van der Waals surface area contributed by atoms with Crippen LogP contribution in [0.2, 0.25) is 0 Å². The Hall–Kier alpha value is -4.09. The van der Waals surface area contributed by atoms with E-state index in [-0.39, 0.29) is 16.9 Å². The van der Waals surface area contributed by atoms with E-state index in [0.717, 1.165) is 0 Å². The van der Waals surface area contributed by atoms with E-state index in [1.807, 2.05) is 12.1 Å². The number of pyridine rings is 1. The first kappa shape index (κ1) is 25.5. The molecule has 3 rings (SSSR count). The van der Waals surface area contributed by atoms with Crippen molar-refractivity contribution in [2.45, 2.75) is 44.5 Å². The molecule has 2 aromatic rings. The molecule has 11 heteroatoms. The van der Waals surface area contributed by atoms with Crippen LogP contribution in [0.25, 0.3) is 11.1 Å². The van der Waals surface area contributed by atoms with Gasteiger partial charge in [0.25, 0.3) is 0 Å². The van der Waals surface area contributed by atoms with Gasteiger partial charge in [-0.2, -0.15) is 10.5 Å². The van der Waals surface area contributed by atoms with Crippen molar-refractivity contribution in [1.29, 1.82) is 10.5 Å². The largest absolute Gasteiger partial charge is 0.474 e. The van der Waals surface area contributed by atoms with Crippen LogP contribution in [0, 0.1) is 22.7 Å². The summed E-state index contributed by atoms with van der Waals surface area (Å²) in [6.07, 6.45) is 0.0643. The van der Waals surface area contributed by atoms with Crippen molar-refractivity contribution in [3.63, 3.8) is 0 Å². The Bertz CT molecular complexity index is 1220. The van der Waals surface area contributed by atoms with E-state index in [2.05, 4.69) is 4.98 Å². The first-order chi connectivity index (χ1) is 16.7. The van der Waals surface area contributed by atoms with Gasteiger partial charge in [0.15, 0.2) is 23.7 Å². The lowest BCUT2D eigenvalue weighted by Crippen LogP contribution is -2.55. The molecule has 0 saturated carbocycles. The first-order valence-corrected chi connectivity index (χ1v) is 11.5. The lowest BCUT2D eigenvalue weighted by atomic mass is 10.0. The molecule has 0 N–H and O–H groups in total. The molecule has 0 radical (unpaired) electrons. The average Bonchev–Trinajstić information content (AvgIpc) is 2.81. The van der Waals surface area contributed by atoms with Crippen LogP contribution in [0.15, 0.2) is 36.7 Å². The van der Waals surface area contributed by atoms with E-state index in [1.54, 1.807) is 30.5 Å². The topological polar surface area (TPSA) is 149 Å². The molecule has 4 atom stereocenters. The van der Waals surface area contributed by atoms with Crippen molar-refractivity contribution in [3.8, 4) is 29.0 Å². The fourth-order valence-corrected chi connectivity index (χ4v) is 4.72. The molecule has 1 saturated heterocycles. The van der Waals surface area contributed by atoms with Crippen LogP contribution in [0.3, 0.4) is 0 Å². The molecule has 1 fully saturated rings. The van der Waals surface area contributed by atoms with Crippen molar-refractivity contribution in [2.24, 2.45) is 0 Å². The molecular formula is C24H21N3O7S. The minimum Gasteiger partial charge on any atom is -0.474 e. The number of aromatic nitrogens is 1. The molecule has 0 unspecified atom stereocenters. The maximum Gasteiger partial charge on any atom is 0.303 e. The molecule has 180 valence electrons. The fourth-order valence-electron chi connectivity index (χ4n) is 3.50. The van der Waals surface area contributed by atoms with E-state index in [4.69, 9.17) is 24.2 Å². The van der Waals surface area contributed by atoms with E-state index in [0.29, 0.717) is 16.9 Å². The molecule has 1 aromatic carbocycles. The summed E-state index contributed by atoms with van der Waals surface area (Å²) in [6, 6.07) is 10.5. The molecule has 1 aromatic heterocycles. The summed E-state index contributed by atoms with van der Waals surface area (Å²) in [6.45, 7) is 3.65. The van der Waals surface area contributed by atoms with Crippen LogP contribution >= 0.6 is 11.8 Å². The monoisotopic (exact) mass is 495 g/mol. The summed E-state index contributed by atoms with van der Waals surface area (Å²) in [7, 11) is 0. The van der Waals surface area contributed by atoms with Gasteiger partial charge in [0.1, 0.15) is 17.9 Å². The number of hydrogen-bond donors (Lipinski definition) is 0. The average molecular weight is 496 g/mol. The summed E-state index contributed by atoms with van der Waals surface area (Å²) >= 11 is 1.23. The molecule has 1 aliphatic rings. The van der Waals surface area contributed by atoms with Gasteiger partial charge in [0, 0.05) is 38.3 Å². The van der Waals surface area contributed by atoms with Crippen molar-refractivity contribution in [3.05, 3.63) is 47.8 Å². The predicted molar refractivity (Wildman–Crippen MR) is 123 cm³/mol. The molecule has 35 heavy (non-hydrogen) atoms. The zero-order valence-corrected chi connectivity index (χ0v) is 19.9. The molecule has 0 spiro atoms. The normalized spacial score (nSPS) is 21.1. The second kappa shape index (κ2) is 11.4. The quantitative estimate of drug-likeness (QED) is 0.430. The van der Waals surface area contributed by atoms with E-state index < -0.39 is 41.7 Å². The molecule has 0 aliphatic carbocycles. The van der Waals surface area contributed by atoms with Gasteiger partial charge in [-0.15, -0.1) is 11.8 Å². The Balaban J connectivity index is 1.90. The third-order valence-electron chi connectivity index (χ3n) is 4.86. The van der Waals surface area contributed by atoms with Crippen molar-refractivity contribution >= 4 is 29.7 Å². The Morgan fingerprint density at radius 3 is 2.17 bits per heavy atom. The molecular weight excluding hydrogens is 474 g/mol. The Labute approximate surface area is 205 Å². The van der Waals surface area contributed by atoms with Gasteiger partial charge in [-0.25, -0.2) is 0 Å². The van der Waals surface area contributed by atoms with Gasteiger partial charge in [0.05, 0.1) is 17.3 Å². The standard InChI is InChI=1S/C24H21N3O7S/c1-13(28)31-21-12-35-24(23(33-15(3)30)22(21)32-14(2)29)34-20-7-19(10-27-11-20)16-4-5-17(8-25)18(6-16)9-26/h4-7,10-11,21-24H,12H2,1-3H3/t21-,22+,23-,24-/m1/s1. The van der Waals surface area contributed by atoms with Gasteiger partial charge >= 0.3 is 17.9 Å². The lowest BCUT2D eigenvalue weighted by Gasteiger charge is -2.39. The number of nitriles is 2. The zero-order chi connectivity index (χ0) is 25.5. The Morgan fingerprint density at radius 1 is 0.886 bits per heavy atom. The lowest BCUT2D eigenvalue weighted by molar-refractivity contribution is -0.186. The highest BCUT2D eigenvalue weighted by atomic mass is 32.2. The number of nitrogens with zero attached hydrogens (tertiary/aromatic N) is 3. The molecule has 0 amide bonds. The van der Waals surface area contributed by atoms with Crippen LogP contribution in [-0.4, -0.2) is 52.4 Å². The maximum atomic E-state index is 11.8. The van der Waals surface area contributed by atoms with E-state index in [9.17, 15) is 19.6 Å². The van der Waals surface area contributed by atoms with Gasteiger partial charge in [-0.3, -0.25) is 19.4 Å². The number of carbonyl (C=O) groups is 3. The second-order valence-corrected chi connectivity index (χ2v) is 8.64. The number of thioether (sulfide) groups is 1. The van der Waals surface area contributed by atoms with Crippen LogP contribution < -0.4 is 4.74 Å². The predicted octanol–water partition coefficient (Wildman–Crippen LogP) is 2.74. The van der Waals surface area contributed by atoms with Crippen molar-refractivity contribution in [1.82, 2.24) is 4.98 Å². The Kier molecular flexibility index (Phi) is 8.29. The summed E-state index contributed by atoms with van der Waals surface area (Å²) in [5, 5.41) is 18.4. The van der Waals surface area contributed by atoms with Crippen LogP contribution in [0.1, 0.15) is 31.9 Å². The summed E-state index contributed by atoms with van der Waals surface area (Å²) in [5.74, 6) is -1.27. The summed E-state index contributed by atoms with van der Waals surface area (Å²) in [5.41, 5.74) is 0.970. The second-order valence-electron chi connectivity index (χ2n) is 7.51. The van der Waals surface area contributed by atoms with Gasteiger partial charge in [-0.05, 0) is 23.8 Å². The molecule has 1 aliphatic heterocycles. The third kappa shape index (κ3) is 6.49. The Morgan fingerprint density at radius 2 is 1.54 bits per heavy atom. The maximum absolute atomic E-state index is 11.8. The molecule has 0 bridgehead atoms. The molecule has 2 heterocycles. The van der Waals surface area contributed by atoms with Gasteiger partial charge in [-0.1, -0.05) is 6.07 Å². The highest BCUT2D eigenvalue weighted by Crippen LogP contribution is 2.35. The van der Waals surface area contributed by atoms with Crippen molar-refractivity contribution < 1.29 is 33.3 Å². The number of esters is 3. The summed E-state index contributed by atoms with van der Waals surface area (Å²) in [4.78, 5) is 39.3. The van der Waals surface area contributed by atoms with Crippen LogP contribution in [0.4, 0.5) is 0 Å². The summed E-state index contributed by atoms with van der Waals surface area (Å²) < 4.78 is 22.2. The molecule has 10 nitrogen and oxygen atoms in total. The first-order valence-electron chi connectivity index (χ1n) is 10.4. The number of hydrogen-bond acceptors (Lipinski definition) is 11. The number of carbonyl (C=O) groups excluding carboxylic acids is 3. The highest BCUT2D eigenvalue weighted by molar-refractivity contribution is 7.99. The third-order valence-corrected chi connectivity index (χ3v) is 6.08. The van der Waals surface area contributed by atoms with E-state index >= 15 is 0 Å². The minimum atomic E-state index is -1.07. The minimum absolute atomic E-state index is 0.230. The van der Waals surface area contributed by atoms with Gasteiger partial charge in [0.2, 0.25) is 0 Å². The van der Waals surface area contributed by atoms with E-state index in [1.165, 1.54) is 38.7 Å².